The highest BCUT2D eigenvalue weighted by Gasteiger charge is 1.99. The van der Waals surface area contributed by atoms with Crippen molar-refractivity contribution in [1.29, 1.82) is 0 Å². The lowest BCUT2D eigenvalue weighted by Crippen LogP contribution is -2.16. The van der Waals surface area contributed by atoms with Gasteiger partial charge in [0, 0.05) is 18.5 Å². The van der Waals surface area contributed by atoms with Crippen molar-refractivity contribution in [1.82, 2.24) is 10.3 Å². The Balaban J connectivity index is 1.95. The molecule has 1 atom stereocenters. The molecule has 0 saturated heterocycles. The van der Waals surface area contributed by atoms with E-state index in [9.17, 15) is 0 Å². The van der Waals surface area contributed by atoms with Gasteiger partial charge in [0.1, 0.15) is 0 Å². The van der Waals surface area contributed by atoms with Gasteiger partial charge in [0.15, 0.2) is 0 Å². The minimum Gasteiger partial charge on any atom is -0.396 e. The summed E-state index contributed by atoms with van der Waals surface area (Å²) in [5, 5.41) is 14.2. The van der Waals surface area contributed by atoms with Crippen molar-refractivity contribution >= 4 is 11.3 Å². The van der Waals surface area contributed by atoms with E-state index in [0.717, 1.165) is 31.6 Å². The van der Waals surface area contributed by atoms with Crippen molar-refractivity contribution in [3.63, 3.8) is 0 Å². The van der Waals surface area contributed by atoms with Crippen LogP contribution < -0.4 is 5.32 Å². The molecule has 1 heterocycles. The van der Waals surface area contributed by atoms with Crippen molar-refractivity contribution < 1.29 is 5.11 Å². The van der Waals surface area contributed by atoms with Crippen LogP contribution in [0.4, 0.5) is 0 Å². The first-order chi connectivity index (χ1) is 6.83. The van der Waals surface area contributed by atoms with Crippen molar-refractivity contribution in [2.24, 2.45) is 5.92 Å². The average molecular weight is 214 g/mol. The Labute approximate surface area is 89.2 Å². The third-order valence-corrected chi connectivity index (χ3v) is 2.79. The number of rotatable bonds is 7. The Morgan fingerprint density at radius 1 is 1.64 bits per heavy atom. The molecule has 14 heavy (non-hydrogen) atoms. The van der Waals surface area contributed by atoms with Crippen LogP contribution in [0.3, 0.4) is 0 Å². The number of thiazole rings is 1. The summed E-state index contributed by atoms with van der Waals surface area (Å²) < 4.78 is 0. The maximum Gasteiger partial charge on any atom is 0.0795 e. The van der Waals surface area contributed by atoms with Crippen molar-refractivity contribution in [2.75, 3.05) is 13.2 Å². The minimum atomic E-state index is 0.298. The van der Waals surface area contributed by atoms with E-state index >= 15 is 0 Å². The largest absolute Gasteiger partial charge is 0.396 e. The Kier molecular flexibility index (Phi) is 5.75. The third kappa shape index (κ3) is 4.69. The molecule has 3 nitrogen and oxygen atoms in total. The molecule has 0 radical (unpaired) electrons. The lowest BCUT2D eigenvalue weighted by atomic mass is 10.1. The zero-order valence-corrected chi connectivity index (χ0v) is 9.39. The van der Waals surface area contributed by atoms with E-state index in [0.29, 0.717) is 12.5 Å². The van der Waals surface area contributed by atoms with Crippen molar-refractivity contribution in [3.05, 3.63) is 16.6 Å². The fourth-order valence-electron chi connectivity index (χ4n) is 1.21. The summed E-state index contributed by atoms with van der Waals surface area (Å²) in [5.74, 6) is 0.427. The maximum atomic E-state index is 8.81. The monoisotopic (exact) mass is 214 g/mol. The summed E-state index contributed by atoms with van der Waals surface area (Å²) in [5.41, 5.74) is 2.97. The SMILES string of the molecule is CC(CO)CCCNCc1cscn1. The molecule has 4 heteroatoms. The molecule has 0 bridgehead atoms. The Bertz CT molecular complexity index is 226. The normalized spacial score (nSPS) is 13.0. The molecule has 0 saturated carbocycles. The van der Waals surface area contributed by atoms with Crippen LogP contribution in [0.5, 0.6) is 0 Å². The van der Waals surface area contributed by atoms with Crippen LogP contribution in [0.15, 0.2) is 10.9 Å². The van der Waals surface area contributed by atoms with Gasteiger partial charge in [-0.15, -0.1) is 11.3 Å². The molecule has 0 aliphatic rings. The van der Waals surface area contributed by atoms with Crippen LogP contribution in [0.2, 0.25) is 0 Å². The summed E-state index contributed by atoms with van der Waals surface area (Å²) in [6.07, 6.45) is 2.20. The second-order valence-corrected chi connectivity index (χ2v) is 4.31. The number of nitrogens with one attached hydrogen (secondary N) is 1. The van der Waals surface area contributed by atoms with Crippen molar-refractivity contribution in [2.45, 2.75) is 26.3 Å². The van der Waals surface area contributed by atoms with E-state index in [1.807, 2.05) is 5.51 Å². The topological polar surface area (TPSA) is 45.1 Å². The van der Waals surface area contributed by atoms with Gasteiger partial charge < -0.3 is 10.4 Å². The summed E-state index contributed by atoms with van der Waals surface area (Å²) in [4.78, 5) is 4.18. The molecule has 0 aromatic carbocycles. The summed E-state index contributed by atoms with van der Waals surface area (Å²) in [6, 6.07) is 0. The van der Waals surface area contributed by atoms with E-state index in [1.54, 1.807) is 11.3 Å². The molecular formula is C10H18N2OS. The molecular weight excluding hydrogens is 196 g/mol. The van der Waals surface area contributed by atoms with Crippen LogP contribution in [0, 0.1) is 5.92 Å². The summed E-state index contributed by atoms with van der Waals surface area (Å²) in [6.45, 7) is 4.23. The molecule has 0 spiro atoms. The zero-order chi connectivity index (χ0) is 10.2. The Hall–Kier alpha value is -0.450. The number of hydrogen-bond donors (Lipinski definition) is 2. The molecule has 1 rings (SSSR count). The van der Waals surface area contributed by atoms with E-state index in [2.05, 4.69) is 22.6 Å². The van der Waals surface area contributed by atoms with E-state index in [-0.39, 0.29) is 0 Å². The second-order valence-electron chi connectivity index (χ2n) is 3.59. The van der Waals surface area contributed by atoms with E-state index in [1.165, 1.54) is 0 Å². The lowest BCUT2D eigenvalue weighted by molar-refractivity contribution is 0.228. The highest BCUT2D eigenvalue weighted by molar-refractivity contribution is 7.07. The molecule has 0 aliphatic heterocycles. The molecule has 1 unspecified atom stereocenters. The van der Waals surface area contributed by atoms with Gasteiger partial charge in [-0.3, -0.25) is 0 Å². The highest BCUT2D eigenvalue weighted by Crippen LogP contribution is 2.03. The van der Waals surface area contributed by atoms with Gasteiger partial charge in [-0.05, 0) is 25.3 Å². The lowest BCUT2D eigenvalue weighted by Gasteiger charge is -2.07. The van der Waals surface area contributed by atoms with Crippen LogP contribution in [-0.2, 0) is 6.54 Å². The fourth-order valence-corrected chi connectivity index (χ4v) is 1.77. The first kappa shape index (κ1) is 11.6. The molecule has 1 aromatic heterocycles. The predicted molar refractivity (Wildman–Crippen MR) is 59.3 cm³/mol. The number of hydrogen-bond acceptors (Lipinski definition) is 4. The number of aromatic nitrogens is 1. The molecule has 0 aliphatic carbocycles. The summed E-state index contributed by atoms with van der Waals surface area (Å²) >= 11 is 1.63. The van der Waals surface area contributed by atoms with E-state index in [4.69, 9.17) is 5.11 Å². The van der Waals surface area contributed by atoms with Gasteiger partial charge in [-0.25, -0.2) is 4.98 Å². The standard InChI is InChI=1S/C10H18N2OS/c1-9(6-13)3-2-4-11-5-10-7-14-8-12-10/h7-9,11,13H,2-6H2,1H3. The fraction of sp³-hybridized carbons (Fsp3) is 0.700. The molecule has 0 fully saturated rings. The molecule has 1 aromatic rings. The number of nitrogens with zero attached hydrogens (tertiary/aromatic N) is 1. The van der Waals surface area contributed by atoms with Gasteiger partial charge in [-0.1, -0.05) is 6.92 Å². The van der Waals surface area contributed by atoms with Gasteiger partial charge in [-0.2, -0.15) is 0 Å². The zero-order valence-electron chi connectivity index (χ0n) is 8.57. The molecule has 0 amide bonds. The first-order valence-electron chi connectivity index (χ1n) is 5.01. The Morgan fingerprint density at radius 3 is 3.14 bits per heavy atom. The first-order valence-corrected chi connectivity index (χ1v) is 5.96. The number of aliphatic hydroxyl groups excluding tert-OH is 1. The quantitative estimate of drug-likeness (QED) is 0.678. The predicted octanol–water partition coefficient (Wildman–Crippen LogP) is 1.64. The molecule has 2 N–H and O–H groups in total. The second kappa shape index (κ2) is 6.92. The van der Waals surface area contributed by atoms with Crippen LogP contribution >= 0.6 is 11.3 Å². The van der Waals surface area contributed by atoms with Gasteiger partial charge in [0.2, 0.25) is 0 Å². The van der Waals surface area contributed by atoms with Crippen LogP contribution in [0.1, 0.15) is 25.5 Å². The molecule has 80 valence electrons. The van der Waals surface area contributed by atoms with Crippen LogP contribution in [-0.4, -0.2) is 23.2 Å². The minimum absolute atomic E-state index is 0.298. The average Bonchev–Trinajstić information content (AvgIpc) is 2.69. The van der Waals surface area contributed by atoms with Crippen LogP contribution in [0.25, 0.3) is 0 Å². The highest BCUT2D eigenvalue weighted by atomic mass is 32.1. The maximum absolute atomic E-state index is 8.81. The Morgan fingerprint density at radius 2 is 2.50 bits per heavy atom. The van der Waals surface area contributed by atoms with Crippen molar-refractivity contribution in [3.8, 4) is 0 Å². The third-order valence-electron chi connectivity index (χ3n) is 2.15. The smallest absolute Gasteiger partial charge is 0.0795 e. The van der Waals surface area contributed by atoms with E-state index < -0.39 is 0 Å². The number of aliphatic hydroxyl groups is 1. The summed E-state index contributed by atoms with van der Waals surface area (Å²) in [7, 11) is 0. The van der Waals surface area contributed by atoms with Gasteiger partial charge in [0.05, 0.1) is 11.2 Å². The van der Waals surface area contributed by atoms with Gasteiger partial charge in [0.25, 0.3) is 0 Å². The van der Waals surface area contributed by atoms with Gasteiger partial charge >= 0.3 is 0 Å².